The summed E-state index contributed by atoms with van der Waals surface area (Å²) in [7, 11) is 0. The number of hydrogen-bond donors (Lipinski definition) is 0. The molecule has 1 heterocycles. The second-order valence-electron chi connectivity index (χ2n) is 15.3. The number of rotatable bonds is 7. The van der Waals surface area contributed by atoms with E-state index < -0.39 is 5.41 Å². The minimum absolute atomic E-state index is 0.530. The molecule has 0 aliphatic heterocycles. The van der Waals surface area contributed by atoms with Gasteiger partial charge in [-0.1, -0.05) is 206 Å². The van der Waals surface area contributed by atoms with Crippen LogP contribution in [0.15, 0.2) is 231 Å². The van der Waals surface area contributed by atoms with Crippen LogP contribution in [0.2, 0.25) is 0 Å². The summed E-state index contributed by atoms with van der Waals surface area (Å²) in [6, 6.07) is 82.9. The second kappa shape index (κ2) is 14.4. The summed E-state index contributed by atoms with van der Waals surface area (Å²) in [6.07, 6.45) is 0. The van der Waals surface area contributed by atoms with Gasteiger partial charge in [0.05, 0.1) is 16.8 Å². The van der Waals surface area contributed by atoms with Crippen molar-refractivity contribution in [3.8, 4) is 67.3 Å². The smallest absolute Gasteiger partial charge is 0.160 e. The molecule has 1 aromatic heterocycles. The third-order valence-corrected chi connectivity index (χ3v) is 11.9. The predicted octanol–water partition coefficient (Wildman–Crippen LogP) is 14.3. The molecule has 0 unspecified atom stereocenters. The maximum atomic E-state index is 5.32. The summed E-state index contributed by atoms with van der Waals surface area (Å²) in [6.45, 7) is 0. The van der Waals surface area contributed by atoms with E-state index in [1.807, 2.05) is 6.07 Å². The topological polar surface area (TPSA) is 25.8 Å². The molecule has 9 aromatic carbocycles. The van der Waals surface area contributed by atoms with Crippen LogP contribution in [0, 0.1) is 0 Å². The molecule has 0 spiro atoms. The summed E-state index contributed by atoms with van der Waals surface area (Å²) in [5.74, 6) is 0.689. The van der Waals surface area contributed by atoms with Crippen molar-refractivity contribution in [2.45, 2.75) is 5.41 Å². The highest BCUT2D eigenvalue weighted by atomic mass is 14.9. The zero-order chi connectivity index (χ0) is 39.2. The molecule has 0 fully saturated rings. The minimum Gasteiger partial charge on any atom is -0.228 e. The number of fused-ring (bicyclic) bond motifs is 5. The maximum absolute atomic E-state index is 5.32. The van der Waals surface area contributed by atoms with Crippen molar-refractivity contribution in [2.75, 3.05) is 0 Å². The van der Waals surface area contributed by atoms with Crippen LogP contribution >= 0.6 is 0 Å². The Labute approximate surface area is 344 Å². The highest BCUT2D eigenvalue weighted by Crippen LogP contribution is 2.60. The molecule has 1 aliphatic carbocycles. The first kappa shape index (κ1) is 34.6. The van der Waals surface area contributed by atoms with Crippen LogP contribution in [0.4, 0.5) is 0 Å². The van der Waals surface area contributed by atoms with Crippen molar-refractivity contribution >= 4 is 10.8 Å². The normalized spacial score (nSPS) is 12.5. The zero-order valence-corrected chi connectivity index (χ0v) is 32.3. The van der Waals surface area contributed by atoms with Crippen LogP contribution < -0.4 is 0 Å². The molecule has 0 amide bonds. The molecule has 0 atom stereocenters. The van der Waals surface area contributed by atoms with Crippen molar-refractivity contribution < 1.29 is 0 Å². The van der Waals surface area contributed by atoms with Crippen LogP contribution in [0.3, 0.4) is 0 Å². The Hall–Kier alpha value is -7.68. The molecule has 11 rings (SSSR count). The van der Waals surface area contributed by atoms with Gasteiger partial charge >= 0.3 is 0 Å². The van der Waals surface area contributed by atoms with E-state index in [0.717, 1.165) is 39.2 Å². The first-order chi connectivity index (χ1) is 29.3. The molecule has 2 nitrogen and oxygen atoms in total. The van der Waals surface area contributed by atoms with E-state index >= 15 is 0 Å². The number of benzene rings is 9. The second-order valence-corrected chi connectivity index (χ2v) is 15.3. The molecule has 0 N–H and O–H groups in total. The largest absolute Gasteiger partial charge is 0.228 e. The van der Waals surface area contributed by atoms with Crippen molar-refractivity contribution in [1.29, 1.82) is 0 Å². The Morgan fingerprint density at radius 3 is 1.54 bits per heavy atom. The lowest BCUT2D eigenvalue weighted by molar-refractivity contribution is 0.775. The third-order valence-electron chi connectivity index (χ3n) is 11.9. The van der Waals surface area contributed by atoms with Crippen LogP contribution in [0.1, 0.15) is 22.3 Å². The fraction of sp³-hybridized carbons (Fsp3) is 0.0175. The third kappa shape index (κ3) is 5.80. The minimum atomic E-state index is -0.530. The Morgan fingerprint density at radius 1 is 0.322 bits per heavy atom. The van der Waals surface area contributed by atoms with E-state index in [4.69, 9.17) is 9.97 Å². The Kier molecular flexibility index (Phi) is 8.41. The molecule has 0 radical (unpaired) electrons. The Bertz CT molecular complexity index is 3100. The van der Waals surface area contributed by atoms with Crippen molar-refractivity contribution in [3.05, 3.63) is 253 Å². The highest BCUT2D eigenvalue weighted by molar-refractivity contribution is 6.07. The van der Waals surface area contributed by atoms with Crippen molar-refractivity contribution in [2.24, 2.45) is 0 Å². The van der Waals surface area contributed by atoms with Gasteiger partial charge in [0, 0.05) is 16.7 Å². The monoisotopic (exact) mass is 750 g/mol. The number of aromatic nitrogens is 2. The van der Waals surface area contributed by atoms with Gasteiger partial charge in [0.25, 0.3) is 0 Å². The quantitative estimate of drug-likeness (QED) is 0.162. The molecule has 0 saturated heterocycles. The van der Waals surface area contributed by atoms with Gasteiger partial charge in [0.2, 0.25) is 0 Å². The average molecular weight is 751 g/mol. The van der Waals surface area contributed by atoms with E-state index in [-0.39, 0.29) is 0 Å². The molecule has 1 aliphatic rings. The molecule has 0 bridgehead atoms. The molecular weight excluding hydrogens is 713 g/mol. The van der Waals surface area contributed by atoms with Gasteiger partial charge in [0.15, 0.2) is 5.82 Å². The van der Waals surface area contributed by atoms with Gasteiger partial charge in [-0.3, -0.25) is 0 Å². The van der Waals surface area contributed by atoms with Gasteiger partial charge in [-0.15, -0.1) is 0 Å². The van der Waals surface area contributed by atoms with Crippen LogP contribution in [0.25, 0.3) is 78.1 Å². The molecule has 59 heavy (non-hydrogen) atoms. The summed E-state index contributed by atoms with van der Waals surface area (Å²) in [4.78, 5) is 10.6. The van der Waals surface area contributed by atoms with Gasteiger partial charge in [0.1, 0.15) is 0 Å². The van der Waals surface area contributed by atoms with E-state index in [2.05, 4.69) is 224 Å². The van der Waals surface area contributed by atoms with Crippen molar-refractivity contribution in [1.82, 2.24) is 9.97 Å². The first-order valence-electron chi connectivity index (χ1n) is 20.2. The Morgan fingerprint density at radius 2 is 0.831 bits per heavy atom. The zero-order valence-electron chi connectivity index (χ0n) is 32.3. The van der Waals surface area contributed by atoms with Crippen LogP contribution in [-0.2, 0) is 5.41 Å². The fourth-order valence-electron chi connectivity index (χ4n) is 9.35. The number of hydrogen-bond acceptors (Lipinski definition) is 2. The van der Waals surface area contributed by atoms with Crippen molar-refractivity contribution in [3.63, 3.8) is 0 Å². The molecule has 276 valence electrons. The van der Waals surface area contributed by atoms with Crippen LogP contribution in [0.5, 0.6) is 0 Å². The summed E-state index contributed by atoms with van der Waals surface area (Å²) < 4.78 is 0. The molecule has 0 saturated carbocycles. The summed E-state index contributed by atoms with van der Waals surface area (Å²) in [5, 5.41) is 2.46. The van der Waals surface area contributed by atoms with Gasteiger partial charge < -0.3 is 0 Å². The number of nitrogens with zero attached hydrogens (tertiary/aromatic N) is 2. The SMILES string of the molecule is c1ccc(-c2cccc(-c3cc(-c4ccccc4)nc(-c4cccc(-c5cc6ccccc6c6c5-c5ccccc5C6(c5ccccc5)c5ccccc5)c4)n3)c2)cc1. The fourth-order valence-corrected chi connectivity index (χ4v) is 9.35. The van der Waals surface area contributed by atoms with Gasteiger partial charge in [-0.05, 0) is 90.7 Å². The standard InChI is InChI=1S/C57H38N2/c1-5-19-39(20-6-1)41-24-17-26-44(35-41)53-38-52(40-21-7-2-8-22-40)58-56(59-53)45-27-18-25-42(36-45)50-37-43-23-13-14-32-48(43)55-54(50)49-33-15-16-34-51(49)57(55,46-28-9-3-10-29-46)47-30-11-4-12-31-47/h1-38H. The van der Waals surface area contributed by atoms with E-state index in [1.165, 1.54) is 55.3 Å². The summed E-state index contributed by atoms with van der Waals surface area (Å²) in [5.41, 5.74) is 16.6. The average Bonchev–Trinajstić information content (AvgIpc) is 3.64. The molecular formula is C57H38N2. The van der Waals surface area contributed by atoms with Gasteiger partial charge in [-0.2, -0.15) is 0 Å². The van der Waals surface area contributed by atoms with Gasteiger partial charge in [-0.25, -0.2) is 9.97 Å². The van der Waals surface area contributed by atoms with E-state index in [9.17, 15) is 0 Å². The lowest BCUT2D eigenvalue weighted by atomic mass is 9.66. The Balaban J connectivity index is 1.15. The van der Waals surface area contributed by atoms with Crippen LogP contribution in [-0.4, -0.2) is 9.97 Å². The molecule has 2 heteroatoms. The molecule has 10 aromatic rings. The summed E-state index contributed by atoms with van der Waals surface area (Å²) >= 11 is 0. The highest BCUT2D eigenvalue weighted by Gasteiger charge is 2.48. The van der Waals surface area contributed by atoms with E-state index in [0.29, 0.717) is 5.82 Å². The predicted molar refractivity (Wildman–Crippen MR) is 244 cm³/mol. The van der Waals surface area contributed by atoms with E-state index in [1.54, 1.807) is 0 Å². The lowest BCUT2D eigenvalue weighted by Gasteiger charge is -2.35. The maximum Gasteiger partial charge on any atom is 0.160 e. The lowest BCUT2D eigenvalue weighted by Crippen LogP contribution is -2.28. The first-order valence-corrected chi connectivity index (χ1v) is 20.2.